The number of benzene rings is 2. The number of rotatable bonds is 3. The smallest absolute Gasteiger partial charge is 0.226 e. The lowest BCUT2D eigenvalue weighted by Crippen LogP contribution is -2.24. The van der Waals surface area contributed by atoms with Crippen LogP contribution in [0.1, 0.15) is 48.8 Å². The fraction of sp³-hybridized carbons (Fsp3) is 0.238. The highest BCUT2D eigenvalue weighted by molar-refractivity contribution is 6.30. The van der Waals surface area contributed by atoms with Crippen LogP contribution in [0.15, 0.2) is 54.7 Å². The minimum Gasteiger partial charge on any atom is -0.310 e. The molecule has 132 valence electrons. The molecule has 1 amide bonds. The number of halogens is 1. The molecule has 0 saturated heterocycles. The maximum atomic E-state index is 12.3. The van der Waals surface area contributed by atoms with E-state index >= 15 is 0 Å². The highest BCUT2D eigenvalue weighted by Crippen LogP contribution is 2.38. The Morgan fingerprint density at radius 2 is 1.81 bits per heavy atom. The van der Waals surface area contributed by atoms with E-state index in [1.165, 1.54) is 5.56 Å². The van der Waals surface area contributed by atoms with E-state index in [-0.39, 0.29) is 11.8 Å². The van der Waals surface area contributed by atoms with Gasteiger partial charge in [0.2, 0.25) is 5.91 Å². The zero-order valence-corrected chi connectivity index (χ0v) is 15.5. The number of fused-ring (bicyclic) bond motifs is 1. The number of nitrogens with one attached hydrogen (secondary N) is 1. The van der Waals surface area contributed by atoms with E-state index in [4.69, 9.17) is 11.6 Å². The molecular weight excluding hydrogens is 346 g/mol. The summed E-state index contributed by atoms with van der Waals surface area (Å²) in [7, 11) is 0. The summed E-state index contributed by atoms with van der Waals surface area (Å²) in [5.74, 6) is 1.25. The number of carbonyl (C=O) groups is 1. The van der Waals surface area contributed by atoms with Gasteiger partial charge in [0.05, 0.1) is 11.9 Å². The van der Waals surface area contributed by atoms with Crippen LogP contribution in [0, 0.1) is 0 Å². The third-order valence-electron chi connectivity index (χ3n) is 4.90. The first-order valence-electron chi connectivity index (χ1n) is 8.76. The molecule has 0 fully saturated rings. The minimum absolute atomic E-state index is 0.00569. The van der Waals surface area contributed by atoms with Crippen molar-refractivity contribution < 1.29 is 4.79 Å². The normalized spacial score (nSPS) is 16.5. The molecule has 0 unspecified atom stereocenters. The Labute approximate surface area is 157 Å². The lowest BCUT2D eigenvalue weighted by atomic mass is 9.86. The second kappa shape index (κ2) is 6.61. The molecule has 1 aromatic heterocycles. The molecule has 26 heavy (non-hydrogen) atoms. The molecule has 0 bridgehead atoms. The zero-order valence-electron chi connectivity index (χ0n) is 14.7. The number of aromatic nitrogens is 2. The Balaban J connectivity index is 1.74. The van der Waals surface area contributed by atoms with Gasteiger partial charge in [-0.3, -0.25) is 4.79 Å². The summed E-state index contributed by atoms with van der Waals surface area (Å²) in [5.41, 5.74) is 4.34. The van der Waals surface area contributed by atoms with Crippen LogP contribution in [0.5, 0.6) is 0 Å². The molecular formula is C21H20ClN3O. The van der Waals surface area contributed by atoms with E-state index in [1.807, 2.05) is 30.5 Å². The van der Waals surface area contributed by atoms with Crippen molar-refractivity contribution in [3.8, 4) is 5.69 Å². The molecule has 2 aromatic carbocycles. The SMILES string of the molecule is CC(C)c1ccc([C@@H]2CC(=O)Nc3c2cnn3-c2ccc(Cl)cc2)cc1. The molecule has 0 spiro atoms. The van der Waals surface area contributed by atoms with Crippen molar-refractivity contribution in [3.05, 3.63) is 76.4 Å². The topological polar surface area (TPSA) is 46.9 Å². The van der Waals surface area contributed by atoms with Gasteiger partial charge in [-0.15, -0.1) is 0 Å². The number of hydrogen-bond acceptors (Lipinski definition) is 2. The summed E-state index contributed by atoms with van der Waals surface area (Å²) >= 11 is 5.98. The number of carbonyl (C=O) groups excluding carboxylic acids is 1. The van der Waals surface area contributed by atoms with Crippen molar-refractivity contribution >= 4 is 23.3 Å². The van der Waals surface area contributed by atoms with Gasteiger partial charge in [-0.1, -0.05) is 49.7 Å². The molecule has 1 atom stereocenters. The van der Waals surface area contributed by atoms with Crippen LogP contribution in [-0.4, -0.2) is 15.7 Å². The van der Waals surface area contributed by atoms with Crippen molar-refractivity contribution in [2.75, 3.05) is 5.32 Å². The van der Waals surface area contributed by atoms with Crippen LogP contribution in [0.4, 0.5) is 5.82 Å². The third kappa shape index (κ3) is 3.01. The number of amides is 1. The number of nitrogens with zero attached hydrogens (tertiary/aromatic N) is 2. The van der Waals surface area contributed by atoms with E-state index in [0.29, 0.717) is 17.4 Å². The maximum Gasteiger partial charge on any atom is 0.226 e. The summed E-state index contributed by atoms with van der Waals surface area (Å²) in [6.45, 7) is 4.36. The van der Waals surface area contributed by atoms with Gasteiger partial charge in [0.25, 0.3) is 0 Å². The van der Waals surface area contributed by atoms with Gasteiger partial charge >= 0.3 is 0 Å². The molecule has 1 aliphatic rings. The molecule has 3 aromatic rings. The third-order valence-corrected chi connectivity index (χ3v) is 5.15. The lowest BCUT2D eigenvalue weighted by Gasteiger charge is -2.24. The average molecular weight is 366 g/mol. The van der Waals surface area contributed by atoms with Gasteiger partial charge in [0.15, 0.2) is 0 Å². The standard InChI is InChI=1S/C21H20ClN3O/c1-13(2)14-3-5-15(6-4-14)18-11-20(26)24-21-19(18)12-23-25(21)17-9-7-16(22)8-10-17/h3-10,12-13,18H,11H2,1-2H3,(H,24,26)/t18-/m0/s1. The summed E-state index contributed by atoms with van der Waals surface area (Å²) in [6, 6.07) is 16.0. The van der Waals surface area contributed by atoms with Crippen molar-refractivity contribution in [1.29, 1.82) is 0 Å². The first-order valence-corrected chi connectivity index (χ1v) is 9.14. The van der Waals surface area contributed by atoms with Gasteiger partial charge in [-0.05, 0) is 41.3 Å². The highest BCUT2D eigenvalue weighted by Gasteiger charge is 2.30. The van der Waals surface area contributed by atoms with E-state index in [9.17, 15) is 4.79 Å². The fourth-order valence-electron chi connectivity index (χ4n) is 3.41. The molecule has 1 aliphatic heterocycles. The van der Waals surface area contributed by atoms with Gasteiger partial charge in [0, 0.05) is 22.9 Å². The second-order valence-electron chi connectivity index (χ2n) is 6.96. The summed E-state index contributed by atoms with van der Waals surface area (Å²) < 4.78 is 1.76. The van der Waals surface area contributed by atoms with Crippen molar-refractivity contribution in [2.45, 2.75) is 32.1 Å². The van der Waals surface area contributed by atoms with Crippen molar-refractivity contribution in [2.24, 2.45) is 0 Å². The molecule has 0 radical (unpaired) electrons. The second-order valence-corrected chi connectivity index (χ2v) is 7.40. The number of anilines is 1. The van der Waals surface area contributed by atoms with E-state index in [1.54, 1.807) is 4.68 Å². The molecule has 4 rings (SSSR count). The Bertz CT molecular complexity index is 942. The van der Waals surface area contributed by atoms with Crippen LogP contribution in [-0.2, 0) is 4.79 Å². The fourth-order valence-corrected chi connectivity index (χ4v) is 3.53. The maximum absolute atomic E-state index is 12.3. The van der Waals surface area contributed by atoms with Gasteiger partial charge < -0.3 is 5.32 Å². The van der Waals surface area contributed by atoms with Crippen LogP contribution < -0.4 is 5.32 Å². The average Bonchev–Trinajstić information content (AvgIpc) is 3.05. The molecule has 4 nitrogen and oxygen atoms in total. The predicted molar refractivity (Wildman–Crippen MR) is 104 cm³/mol. The Hall–Kier alpha value is -2.59. The van der Waals surface area contributed by atoms with Crippen molar-refractivity contribution in [1.82, 2.24) is 9.78 Å². The Kier molecular flexibility index (Phi) is 4.29. The van der Waals surface area contributed by atoms with Crippen LogP contribution >= 0.6 is 11.6 Å². The molecule has 2 heterocycles. The molecule has 5 heteroatoms. The Morgan fingerprint density at radius 1 is 1.12 bits per heavy atom. The van der Waals surface area contributed by atoms with E-state index < -0.39 is 0 Å². The van der Waals surface area contributed by atoms with Crippen LogP contribution in [0.25, 0.3) is 5.69 Å². The van der Waals surface area contributed by atoms with E-state index in [0.717, 1.165) is 22.6 Å². The molecule has 0 saturated carbocycles. The summed E-state index contributed by atoms with van der Waals surface area (Å²) in [5, 5.41) is 8.16. The first-order chi connectivity index (χ1) is 12.5. The number of hydrogen-bond donors (Lipinski definition) is 1. The van der Waals surface area contributed by atoms with Gasteiger partial charge in [-0.2, -0.15) is 5.10 Å². The van der Waals surface area contributed by atoms with Gasteiger partial charge in [-0.25, -0.2) is 4.68 Å². The summed E-state index contributed by atoms with van der Waals surface area (Å²) in [4.78, 5) is 12.3. The quantitative estimate of drug-likeness (QED) is 0.700. The summed E-state index contributed by atoms with van der Waals surface area (Å²) in [6.07, 6.45) is 2.28. The van der Waals surface area contributed by atoms with Crippen LogP contribution in [0.3, 0.4) is 0 Å². The largest absolute Gasteiger partial charge is 0.310 e. The zero-order chi connectivity index (χ0) is 18.3. The highest BCUT2D eigenvalue weighted by atomic mass is 35.5. The van der Waals surface area contributed by atoms with Gasteiger partial charge in [0.1, 0.15) is 5.82 Å². The predicted octanol–water partition coefficient (Wildman–Crippen LogP) is 5.12. The molecule has 0 aliphatic carbocycles. The van der Waals surface area contributed by atoms with Crippen molar-refractivity contribution in [3.63, 3.8) is 0 Å². The first kappa shape index (κ1) is 16.9. The lowest BCUT2D eigenvalue weighted by molar-refractivity contribution is -0.116. The Morgan fingerprint density at radius 3 is 2.46 bits per heavy atom. The van der Waals surface area contributed by atoms with Crippen LogP contribution in [0.2, 0.25) is 5.02 Å². The molecule has 1 N–H and O–H groups in total. The monoisotopic (exact) mass is 365 g/mol. The van der Waals surface area contributed by atoms with E-state index in [2.05, 4.69) is 48.5 Å². The minimum atomic E-state index is 0.00569.